The molecule has 1 aliphatic carbocycles. The van der Waals surface area contributed by atoms with Crippen LogP contribution in [0.15, 0.2) is 16.6 Å². The molecule has 1 fully saturated rings. The molecule has 2 N–H and O–H groups in total. The number of benzene rings is 1. The van der Waals surface area contributed by atoms with Gasteiger partial charge in [-0.15, -0.1) is 0 Å². The number of hydrogen-bond acceptors (Lipinski definition) is 1. The van der Waals surface area contributed by atoms with E-state index in [1.54, 1.807) is 0 Å². The summed E-state index contributed by atoms with van der Waals surface area (Å²) >= 11 is 2.97. The van der Waals surface area contributed by atoms with E-state index >= 15 is 0 Å². The zero-order valence-electron chi connectivity index (χ0n) is 10.3. The van der Waals surface area contributed by atoms with Gasteiger partial charge in [0.2, 0.25) is 0 Å². The molecule has 0 amide bonds. The Hall–Kier alpha value is -0.480. The number of nitrogens with two attached hydrogens (primary N) is 1. The second-order valence-corrected chi connectivity index (χ2v) is 5.99. The van der Waals surface area contributed by atoms with Gasteiger partial charge in [-0.2, -0.15) is 0 Å². The summed E-state index contributed by atoms with van der Waals surface area (Å²) in [5, 5.41) is 0. The molecule has 1 nitrogen and oxygen atoms in total. The quantitative estimate of drug-likeness (QED) is 0.803. The summed E-state index contributed by atoms with van der Waals surface area (Å²) in [6, 6.07) is 1.97. The second kappa shape index (κ2) is 6.11. The van der Waals surface area contributed by atoms with E-state index in [0.717, 1.165) is 25.3 Å². The summed E-state index contributed by atoms with van der Waals surface area (Å²) in [6.07, 6.45) is 6.82. The molecule has 2 rings (SSSR count). The van der Waals surface area contributed by atoms with Crippen LogP contribution in [-0.2, 0) is 0 Å². The Bertz CT molecular complexity index is 417. The Labute approximate surface area is 115 Å². The van der Waals surface area contributed by atoms with Crippen LogP contribution in [0.3, 0.4) is 0 Å². The van der Waals surface area contributed by atoms with Gasteiger partial charge in [-0.3, -0.25) is 0 Å². The maximum absolute atomic E-state index is 13.8. The van der Waals surface area contributed by atoms with Crippen molar-refractivity contribution in [1.29, 1.82) is 0 Å². The van der Waals surface area contributed by atoms with Crippen molar-refractivity contribution in [1.82, 2.24) is 0 Å². The minimum Gasteiger partial charge on any atom is -0.324 e. The molecule has 0 aliphatic heterocycles. The molecule has 1 unspecified atom stereocenters. The lowest BCUT2D eigenvalue weighted by atomic mass is 9.83. The largest absolute Gasteiger partial charge is 0.324 e. The maximum Gasteiger partial charge on any atom is 0.137 e. The summed E-state index contributed by atoms with van der Waals surface area (Å²) in [6.45, 7) is 0. The van der Waals surface area contributed by atoms with Crippen molar-refractivity contribution in [3.63, 3.8) is 0 Å². The second-order valence-electron chi connectivity index (χ2n) is 5.13. The Morgan fingerprint density at radius 2 is 1.83 bits per heavy atom. The van der Waals surface area contributed by atoms with Crippen LogP contribution in [-0.4, -0.2) is 0 Å². The standard InChI is InChI=1S/C14H18BrF2N/c15-11-8-12(16)10(7-13(11)17)14(18)6-9-4-2-1-3-5-9/h7-9,14H,1-6,18H2. The van der Waals surface area contributed by atoms with Gasteiger partial charge in [0.1, 0.15) is 11.6 Å². The molecule has 1 aliphatic rings. The van der Waals surface area contributed by atoms with Gasteiger partial charge in [0.05, 0.1) is 4.47 Å². The summed E-state index contributed by atoms with van der Waals surface area (Å²) in [4.78, 5) is 0. The van der Waals surface area contributed by atoms with Crippen molar-refractivity contribution in [3.8, 4) is 0 Å². The smallest absolute Gasteiger partial charge is 0.137 e. The third-order valence-corrected chi connectivity index (χ3v) is 4.36. The van der Waals surface area contributed by atoms with Crippen LogP contribution in [0.1, 0.15) is 50.1 Å². The van der Waals surface area contributed by atoms with Gasteiger partial charge in [0.25, 0.3) is 0 Å². The van der Waals surface area contributed by atoms with Gasteiger partial charge in [-0.1, -0.05) is 32.1 Å². The molecule has 0 radical (unpaired) electrons. The molecule has 1 aromatic rings. The van der Waals surface area contributed by atoms with Gasteiger partial charge < -0.3 is 5.73 Å². The minimum atomic E-state index is -0.453. The Balaban J connectivity index is 2.08. The monoisotopic (exact) mass is 317 g/mol. The van der Waals surface area contributed by atoms with Crippen LogP contribution in [0.25, 0.3) is 0 Å². The van der Waals surface area contributed by atoms with Crippen LogP contribution in [0, 0.1) is 17.6 Å². The topological polar surface area (TPSA) is 26.0 Å². The predicted octanol–water partition coefficient (Wildman–Crippen LogP) is 4.70. The normalized spacial score (nSPS) is 18.9. The van der Waals surface area contributed by atoms with E-state index < -0.39 is 17.7 Å². The molecular weight excluding hydrogens is 300 g/mol. The molecule has 0 spiro atoms. The molecular formula is C14H18BrF2N. The highest BCUT2D eigenvalue weighted by atomic mass is 79.9. The highest BCUT2D eigenvalue weighted by Crippen LogP contribution is 2.32. The Morgan fingerprint density at radius 1 is 1.17 bits per heavy atom. The van der Waals surface area contributed by atoms with E-state index in [1.165, 1.54) is 25.3 Å². The van der Waals surface area contributed by atoms with Crippen LogP contribution >= 0.6 is 15.9 Å². The van der Waals surface area contributed by atoms with Gasteiger partial charge in [0.15, 0.2) is 0 Å². The van der Waals surface area contributed by atoms with E-state index in [9.17, 15) is 8.78 Å². The van der Waals surface area contributed by atoms with Crippen molar-refractivity contribution in [3.05, 3.63) is 33.8 Å². The number of rotatable bonds is 3. The SMILES string of the molecule is NC(CC1CCCCC1)c1cc(F)c(Br)cc1F. The molecule has 1 saturated carbocycles. The van der Waals surface area contributed by atoms with Gasteiger partial charge in [-0.25, -0.2) is 8.78 Å². The average Bonchev–Trinajstić information content (AvgIpc) is 2.35. The zero-order chi connectivity index (χ0) is 13.1. The first-order valence-electron chi connectivity index (χ1n) is 6.48. The molecule has 0 bridgehead atoms. The molecule has 1 atom stereocenters. The van der Waals surface area contributed by atoms with Crippen LogP contribution in [0.2, 0.25) is 0 Å². The van der Waals surface area contributed by atoms with E-state index in [2.05, 4.69) is 15.9 Å². The minimum absolute atomic E-state index is 0.147. The first-order chi connectivity index (χ1) is 8.58. The Morgan fingerprint density at radius 3 is 2.50 bits per heavy atom. The first-order valence-corrected chi connectivity index (χ1v) is 7.27. The average molecular weight is 318 g/mol. The first kappa shape index (κ1) is 13.9. The lowest BCUT2D eigenvalue weighted by molar-refractivity contribution is 0.316. The Kier molecular flexibility index (Phi) is 4.73. The molecule has 0 aromatic heterocycles. The number of halogens is 3. The van der Waals surface area contributed by atoms with Crippen LogP contribution in [0.4, 0.5) is 8.78 Å². The summed E-state index contributed by atoms with van der Waals surface area (Å²) in [7, 11) is 0. The number of hydrogen-bond donors (Lipinski definition) is 1. The van der Waals surface area contributed by atoms with Crippen molar-refractivity contribution in [2.45, 2.75) is 44.6 Å². The third kappa shape index (κ3) is 3.29. The van der Waals surface area contributed by atoms with Crippen LogP contribution < -0.4 is 5.73 Å². The van der Waals surface area contributed by atoms with Crippen molar-refractivity contribution < 1.29 is 8.78 Å². The summed E-state index contributed by atoms with van der Waals surface area (Å²) < 4.78 is 27.3. The van der Waals surface area contributed by atoms with Gasteiger partial charge >= 0.3 is 0 Å². The molecule has 0 heterocycles. The van der Waals surface area contributed by atoms with Crippen LogP contribution in [0.5, 0.6) is 0 Å². The van der Waals surface area contributed by atoms with Crippen molar-refractivity contribution in [2.75, 3.05) is 0 Å². The fraction of sp³-hybridized carbons (Fsp3) is 0.571. The van der Waals surface area contributed by atoms with E-state index in [1.807, 2.05) is 0 Å². The zero-order valence-corrected chi connectivity index (χ0v) is 11.8. The maximum atomic E-state index is 13.8. The fourth-order valence-corrected chi connectivity index (χ4v) is 3.05. The van der Waals surface area contributed by atoms with E-state index in [-0.39, 0.29) is 4.47 Å². The molecule has 4 heteroatoms. The predicted molar refractivity (Wildman–Crippen MR) is 72.2 cm³/mol. The van der Waals surface area contributed by atoms with Crippen molar-refractivity contribution in [2.24, 2.45) is 11.7 Å². The van der Waals surface area contributed by atoms with E-state index in [0.29, 0.717) is 11.5 Å². The lowest BCUT2D eigenvalue weighted by Gasteiger charge is -2.25. The van der Waals surface area contributed by atoms with Gasteiger partial charge in [0, 0.05) is 11.6 Å². The highest BCUT2D eigenvalue weighted by Gasteiger charge is 2.20. The third-order valence-electron chi connectivity index (χ3n) is 3.75. The molecule has 100 valence electrons. The lowest BCUT2D eigenvalue weighted by Crippen LogP contribution is -2.18. The van der Waals surface area contributed by atoms with E-state index in [4.69, 9.17) is 5.73 Å². The molecule has 0 saturated heterocycles. The van der Waals surface area contributed by atoms with Crippen molar-refractivity contribution >= 4 is 15.9 Å². The van der Waals surface area contributed by atoms with Gasteiger partial charge in [-0.05, 0) is 40.4 Å². The molecule has 1 aromatic carbocycles. The fourth-order valence-electron chi connectivity index (χ4n) is 2.73. The summed E-state index contributed by atoms with van der Waals surface area (Å²) in [5.74, 6) is -0.322. The highest BCUT2D eigenvalue weighted by molar-refractivity contribution is 9.10. The summed E-state index contributed by atoms with van der Waals surface area (Å²) in [5.41, 5.74) is 6.32. The molecule has 18 heavy (non-hydrogen) atoms.